The number of hydrogen-bond donors (Lipinski definition) is 1. The number of aromatic nitrogens is 3. The number of ether oxygens (including phenoxy) is 1. The molecule has 7 heteroatoms. The first-order chi connectivity index (χ1) is 14.7. The number of hydrogen-bond acceptors (Lipinski definition) is 5. The second-order valence-corrected chi connectivity index (χ2v) is 6.52. The predicted molar refractivity (Wildman–Crippen MR) is 112 cm³/mol. The van der Waals surface area contributed by atoms with Gasteiger partial charge in [0.05, 0.1) is 12.7 Å². The Morgan fingerprint density at radius 1 is 1.00 bits per heavy atom. The molecule has 0 saturated heterocycles. The summed E-state index contributed by atoms with van der Waals surface area (Å²) >= 11 is 0. The highest BCUT2D eigenvalue weighted by molar-refractivity contribution is 5.99. The molecule has 6 nitrogen and oxygen atoms in total. The molecule has 1 aromatic heterocycles. The number of nitrogens with zero attached hydrogens (tertiary/aromatic N) is 3. The van der Waals surface area contributed by atoms with E-state index in [4.69, 9.17) is 4.74 Å². The number of carbonyl (C=O) groups is 1. The minimum Gasteiger partial charge on any atom is -0.496 e. The first kappa shape index (κ1) is 19.3. The molecular weight excluding hydrogens is 383 g/mol. The number of halogens is 1. The Morgan fingerprint density at radius 2 is 1.70 bits per heavy atom. The third-order valence-corrected chi connectivity index (χ3v) is 4.53. The number of rotatable bonds is 6. The fraction of sp³-hybridized carbons (Fsp3) is 0.0870. The number of methoxy groups -OCH3 is 1. The van der Waals surface area contributed by atoms with Crippen LogP contribution in [-0.2, 0) is 6.54 Å². The van der Waals surface area contributed by atoms with Crippen LogP contribution < -0.4 is 10.1 Å². The van der Waals surface area contributed by atoms with E-state index in [-0.39, 0.29) is 17.7 Å². The molecule has 0 fully saturated rings. The molecule has 0 unspecified atom stereocenters. The summed E-state index contributed by atoms with van der Waals surface area (Å²) in [6.45, 7) is 0.354. The third-order valence-electron chi connectivity index (χ3n) is 4.53. The SMILES string of the molecule is COc1ccccc1C(=O)n1nc(-c2ccccc2)nc1NCc1ccc(F)cc1. The van der Waals surface area contributed by atoms with Crippen molar-refractivity contribution in [2.45, 2.75) is 6.54 Å². The minimum atomic E-state index is -0.372. The Morgan fingerprint density at radius 3 is 2.43 bits per heavy atom. The molecule has 1 heterocycles. The maximum absolute atomic E-state index is 13.2. The number of nitrogens with one attached hydrogen (secondary N) is 1. The van der Waals surface area contributed by atoms with E-state index in [9.17, 15) is 9.18 Å². The minimum absolute atomic E-state index is 0.286. The smallest absolute Gasteiger partial charge is 0.285 e. The predicted octanol–water partition coefficient (Wildman–Crippen LogP) is 4.39. The molecule has 0 spiro atoms. The molecule has 3 aromatic carbocycles. The van der Waals surface area contributed by atoms with Gasteiger partial charge in [-0.05, 0) is 29.8 Å². The van der Waals surface area contributed by atoms with E-state index >= 15 is 0 Å². The second kappa shape index (κ2) is 8.57. The molecule has 0 amide bonds. The third kappa shape index (κ3) is 4.05. The van der Waals surface area contributed by atoms with Gasteiger partial charge in [0.2, 0.25) is 5.95 Å². The van der Waals surface area contributed by atoms with Gasteiger partial charge in [-0.15, -0.1) is 5.10 Å². The van der Waals surface area contributed by atoms with Gasteiger partial charge in [-0.1, -0.05) is 54.6 Å². The summed E-state index contributed by atoms with van der Waals surface area (Å²) in [4.78, 5) is 17.8. The highest BCUT2D eigenvalue weighted by Gasteiger charge is 2.21. The Bertz CT molecular complexity index is 1160. The van der Waals surface area contributed by atoms with Gasteiger partial charge in [-0.3, -0.25) is 4.79 Å². The molecule has 30 heavy (non-hydrogen) atoms. The summed E-state index contributed by atoms with van der Waals surface area (Å²) in [5.74, 6) is 0.474. The molecule has 0 aliphatic rings. The van der Waals surface area contributed by atoms with Gasteiger partial charge in [-0.2, -0.15) is 9.67 Å². The summed E-state index contributed by atoms with van der Waals surface area (Å²) in [5, 5.41) is 7.57. The molecule has 0 aliphatic carbocycles. The first-order valence-corrected chi connectivity index (χ1v) is 9.34. The number of para-hydroxylation sites is 1. The summed E-state index contributed by atoms with van der Waals surface area (Å²) in [6.07, 6.45) is 0. The highest BCUT2D eigenvalue weighted by atomic mass is 19.1. The van der Waals surface area contributed by atoms with Crippen molar-refractivity contribution in [2.75, 3.05) is 12.4 Å². The second-order valence-electron chi connectivity index (χ2n) is 6.52. The fourth-order valence-electron chi connectivity index (χ4n) is 3.00. The summed E-state index contributed by atoms with van der Waals surface area (Å²) < 4.78 is 19.7. The molecule has 0 bridgehead atoms. The molecule has 0 radical (unpaired) electrons. The Hall–Kier alpha value is -4.00. The highest BCUT2D eigenvalue weighted by Crippen LogP contribution is 2.23. The molecule has 0 atom stereocenters. The van der Waals surface area contributed by atoms with Crippen molar-refractivity contribution in [3.63, 3.8) is 0 Å². The van der Waals surface area contributed by atoms with E-state index in [0.717, 1.165) is 11.1 Å². The van der Waals surface area contributed by atoms with Crippen molar-refractivity contribution >= 4 is 11.9 Å². The van der Waals surface area contributed by atoms with Crippen LogP contribution in [0.15, 0.2) is 78.9 Å². The maximum Gasteiger partial charge on any atom is 0.285 e. The monoisotopic (exact) mass is 402 g/mol. The van der Waals surface area contributed by atoms with E-state index in [1.54, 1.807) is 36.4 Å². The molecule has 150 valence electrons. The Labute approximate surface area is 173 Å². The Balaban J connectivity index is 1.70. The van der Waals surface area contributed by atoms with Crippen LogP contribution in [0.1, 0.15) is 15.9 Å². The largest absolute Gasteiger partial charge is 0.496 e. The van der Waals surface area contributed by atoms with Gasteiger partial charge in [-0.25, -0.2) is 4.39 Å². The van der Waals surface area contributed by atoms with Crippen LogP contribution >= 0.6 is 0 Å². The molecule has 0 aliphatic heterocycles. The van der Waals surface area contributed by atoms with Gasteiger partial charge >= 0.3 is 0 Å². The molecule has 4 aromatic rings. The lowest BCUT2D eigenvalue weighted by Gasteiger charge is -2.10. The lowest BCUT2D eigenvalue weighted by Crippen LogP contribution is -2.18. The van der Waals surface area contributed by atoms with Gasteiger partial charge in [0.15, 0.2) is 5.82 Å². The molecular formula is C23H19FN4O2. The zero-order valence-electron chi connectivity index (χ0n) is 16.2. The van der Waals surface area contributed by atoms with Gasteiger partial charge in [0.1, 0.15) is 11.6 Å². The van der Waals surface area contributed by atoms with Crippen LogP contribution in [0.25, 0.3) is 11.4 Å². The van der Waals surface area contributed by atoms with Crippen molar-refractivity contribution in [2.24, 2.45) is 0 Å². The van der Waals surface area contributed by atoms with Crippen molar-refractivity contribution in [1.82, 2.24) is 14.8 Å². The van der Waals surface area contributed by atoms with Gasteiger partial charge < -0.3 is 10.1 Å². The topological polar surface area (TPSA) is 69.0 Å². The van der Waals surface area contributed by atoms with Crippen molar-refractivity contribution < 1.29 is 13.9 Å². The summed E-state index contributed by atoms with van der Waals surface area (Å²) in [6, 6.07) is 22.5. The number of anilines is 1. The summed E-state index contributed by atoms with van der Waals surface area (Å²) in [7, 11) is 1.51. The zero-order valence-corrected chi connectivity index (χ0v) is 16.2. The maximum atomic E-state index is 13.2. The van der Waals surface area contributed by atoms with Crippen LogP contribution in [0, 0.1) is 5.82 Å². The fourth-order valence-corrected chi connectivity index (χ4v) is 3.00. The lowest BCUT2D eigenvalue weighted by molar-refractivity contribution is 0.0944. The number of carbonyl (C=O) groups excluding carboxylic acids is 1. The van der Waals surface area contributed by atoms with E-state index in [1.807, 2.05) is 30.3 Å². The van der Waals surface area contributed by atoms with E-state index in [0.29, 0.717) is 23.7 Å². The van der Waals surface area contributed by atoms with Gasteiger partial charge in [0.25, 0.3) is 5.91 Å². The molecule has 1 N–H and O–H groups in total. The van der Waals surface area contributed by atoms with E-state index < -0.39 is 0 Å². The van der Waals surface area contributed by atoms with E-state index in [1.165, 1.54) is 23.9 Å². The standard InChI is InChI=1S/C23H19FN4O2/c1-30-20-10-6-5-9-19(20)22(29)28-23(25-15-16-11-13-18(24)14-12-16)26-21(27-28)17-7-3-2-4-8-17/h2-14H,15H2,1H3,(H,25,26,27). The van der Waals surface area contributed by atoms with Crippen LogP contribution in [0.4, 0.5) is 10.3 Å². The normalized spacial score (nSPS) is 10.6. The van der Waals surface area contributed by atoms with E-state index in [2.05, 4.69) is 15.4 Å². The average Bonchev–Trinajstić information content (AvgIpc) is 3.23. The van der Waals surface area contributed by atoms with Crippen LogP contribution in [0.2, 0.25) is 0 Å². The van der Waals surface area contributed by atoms with Gasteiger partial charge in [0, 0.05) is 12.1 Å². The van der Waals surface area contributed by atoms with Crippen LogP contribution in [0.5, 0.6) is 5.75 Å². The summed E-state index contributed by atoms with van der Waals surface area (Å²) in [5.41, 5.74) is 2.00. The Kier molecular flexibility index (Phi) is 5.52. The van der Waals surface area contributed by atoms with Crippen molar-refractivity contribution in [3.05, 3.63) is 95.8 Å². The number of benzene rings is 3. The van der Waals surface area contributed by atoms with Crippen LogP contribution in [-0.4, -0.2) is 27.8 Å². The first-order valence-electron chi connectivity index (χ1n) is 9.34. The molecule has 0 saturated carbocycles. The lowest BCUT2D eigenvalue weighted by atomic mass is 10.2. The average molecular weight is 402 g/mol. The van der Waals surface area contributed by atoms with Crippen molar-refractivity contribution in [3.8, 4) is 17.1 Å². The molecule has 4 rings (SSSR count). The van der Waals surface area contributed by atoms with Crippen molar-refractivity contribution in [1.29, 1.82) is 0 Å². The zero-order chi connectivity index (χ0) is 20.9. The van der Waals surface area contributed by atoms with Crippen LogP contribution in [0.3, 0.4) is 0 Å². The quantitative estimate of drug-likeness (QED) is 0.518.